The van der Waals surface area contributed by atoms with E-state index in [2.05, 4.69) is 96.9 Å². The minimum Gasteiger partial charge on any atom is -0.0656 e. The van der Waals surface area contributed by atoms with Crippen LogP contribution in [0.4, 0.5) is 0 Å². The predicted octanol–water partition coefficient (Wildman–Crippen LogP) is 10.8. The maximum absolute atomic E-state index is 2.34. The molecule has 170 valence electrons. The lowest BCUT2D eigenvalue weighted by atomic mass is 10.0. The summed E-state index contributed by atoms with van der Waals surface area (Å²) >= 11 is 0. The Kier molecular flexibility index (Phi) is 30.7. The van der Waals surface area contributed by atoms with Gasteiger partial charge in [0.15, 0.2) is 0 Å². The van der Waals surface area contributed by atoms with Gasteiger partial charge in [0.1, 0.15) is 0 Å². The molecule has 2 fully saturated rings. The monoisotopic (exact) mass is 386 g/mol. The molecule has 2 saturated carbocycles. The molecule has 0 spiro atoms. The molecule has 0 aromatic rings. The first kappa shape index (κ1) is 34.5. The molecule has 0 N–H and O–H groups in total. The van der Waals surface area contributed by atoms with Crippen molar-refractivity contribution in [3.63, 3.8) is 0 Å². The van der Waals surface area contributed by atoms with Gasteiger partial charge in [-0.2, -0.15) is 0 Å². The number of hydrogen-bond donors (Lipinski definition) is 0. The van der Waals surface area contributed by atoms with Crippen molar-refractivity contribution in [3.05, 3.63) is 0 Å². The van der Waals surface area contributed by atoms with Crippen molar-refractivity contribution in [2.24, 2.45) is 29.1 Å². The Morgan fingerprint density at radius 1 is 0.667 bits per heavy atom. The van der Waals surface area contributed by atoms with Crippen LogP contribution in [0.25, 0.3) is 0 Å². The van der Waals surface area contributed by atoms with Crippen LogP contribution in [0.5, 0.6) is 0 Å². The molecule has 0 aromatic heterocycles. The lowest BCUT2D eigenvalue weighted by Gasteiger charge is -2.05. The average molecular weight is 387 g/mol. The van der Waals surface area contributed by atoms with Crippen molar-refractivity contribution in [2.75, 3.05) is 0 Å². The van der Waals surface area contributed by atoms with Gasteiger partial charge >= 0.3 is 0 Å². The highest BCUT2D eigenvalue weighted by Crippen LogP contribution is 2.26. The fourth-order valence-electron chi connectivity index (χ4n) is 1.30. The molecule has 0 atom stereocenters. The van der Waals surface area contributed by atoms with Crippen LogP contribution in [-0.4, -0.2) is 0 Å². The summed E-state index contributed by atoms with van der Waals surface area (Å²) < 4.78 is 0. The van der Waals surface area contributed by atoms with Crippen LogP contribution in [0.2, 0.25) is 0 Å². The summed E-state index contributed by atoms with van der Waals surface area (Å²) in [5.74, 6) is 3.85. The van der Waals surface area contributed by atoms with Crippen LogP contribution in [0.15, 0.2) is 0 Å². The Hall–Kier alpha value is 0. The second-order valence-electron chi connectivity index (χ2n) is 11.3. The zero-order valence-corrected chi connectivity index (χ0v) is 22.5. The van der Waals surface area contributed by atoms with Gasteiger partial charge < -0.3 is 0 Å². The zero-order valence-electron chi connectivity index (χ0n) is 22.5. The molecule has 0 unspecified atom stereocenters. The predicted molar refractivity (Wildman–Crippen MR) is 133 cm³/mol. The van der Waals surface area contributed by atoms with E-state index < -0.39 is 0 Å². The molecule has 0 amide bonds. The highest BCUT2D eigenvalue weighted by molar-refractivity contribution is 4.65. The Bertz CT molecular complexity index is 212. The fraction of sp³-hybridized carbons (Fsp3) is 1.00. The summed E-state index contributed by atoms with van der Waals surface area (Å²) in [6.07, 6.45) is 11.5. The van der Waals surface area contributed by atoms with E-state index in [0.29, 0.717) is 5.41 Å². The van der Waals surface area contributed by atoms with Crippen molar-refractivity contribution >= 4 is 0 Å². The molecule has 2 aliphatic carbocycles. The van der Waals surface area contributed by atoms with E-state index in [1.54, 1.807) is 0 Å². The van der Waals surface area contributed by atoms with Gasteiger partial charge in [-0.25, -0.2) is 0 Å². The third-order valence-corrected chi connectivity index (χ3v) is 3.33. The SMILES string of the molecule is CC(C)(C)C.CC(C)C.CC1CC1.CC1CCCC1.CCC.CCC(C)C. The molecular formula is C27H62. The third-order valence-electron chi connectivity index (χ3n) is 3.33. The Morgan fingerprint density at radius 2 is 0.852 bits per heavy atom. The van der Waals surface area contributed by atoms with Crippen LogP contribution >= 0.6 is 0 Å². The van der Waals surface area contributed by atoms with Crippen molar-refractivity contribution in [1.82, 2.24) is 0 Å². The Balaban J connectivity index is -0.000000119. The number of hydrogen-bond acceptors (Lipinski definition) is 0. The van der Waals surface area contributed by atoms with Gasteiger partial charge in [0, 0.05) is 0 Å². The summed E-state index contributed by atoms with van der Waals surface area (Å²) in [6, 6.07) is 0. The second-order valence-corrected chi connectivity index (χ2v) is 11.3. The first-order chi connectivity index (χ1) is 12.2. The standard InChI is InChI=1S/C6H12.2C5H12.C4H8.C4H10.C3H8/c1-6-4-2-3-5-6;1-5(2,3)4;1-4-5(2)3;1-4-2-3-4;1-4(2)3;1-3-2/h6H,2-5H2,1H3;1-4H3;5H,4H2,1-3H3;4H,2-3H2,1H3;4H,1-3H3;3H2,1-2H3. The molecular weight excluding hydrogens is 324 g/mol. The molecule has 0 radical (unpaired) electrons. The Labute approximate surface area is 177 Å². The van der Waals surface area contributed by atoms with Crippen molar-refractivity contribution < 1.29 is 0 Å². The van der Waals surface area contributed by atoms with Gasteiger partial charge in [0.2, 0.25) is 0 Å². The van der Waals surface area contributed by atoms with Crippen molar-refractivity contribution in [1.29, 1.82) is 0 Å². The van der Waals surface area contributed by atoms with Crippen LogP contribution in [0.3, 0.4) is 0 Å². The second kappa shape index (κ2) is 24.0. The van der Waals surface area contributed by atoms with Gasteiger partial charge in [-0.1, -0.05) is 148 Å². The van der Waals surface area contributed by atoms with E-state index in [4.69, 9.17) is 0 Å². The minimum atomic E-state index is 0.500. The highest BCUT2D eigenvalue weighted by Gasteiger charge is 2.12. The van der Waals surface area contributed by atoms with E-state index in [1.165, 1.54) is 51.4 Å². The van der Waals surface area contributed by atoms with E-state index in [9.17, 15) is 0 Å². The van der Waals surface area contributed by atoms with Crippen molar-refractivity contribution in [3.8, 4) is 0 Å². The molecule has 27 heavy (non-hydrogen) atoms. The first-order valence-electron chi connectivity index (χ1n) is 12.2. The molecule has 0 aromatic carbocycles. The summed E-state index contributed by atoms with van der Waals surface area (Å²) in [5, 5.41) is 0. The van der Waals surface area contributed by atoms with Crippen LogP contribution in [0, 0.1) is 29.1 Å². The average Bonchev–Trinajstić information content (AvgIpc) is 3.10. The maximum atomic E-state index is 2.34. The lowest BCUT2D eigenvalue weighted by molar-refractivity contribution is 0.469. The van der Waals surface area contributed by atoms with E-state index in [1.807, 2.05) is 0 Å². The summed E-state index contributed by atoms with van der Waals surface area (Å²) in [5.41, 5.74) is 0.500. The summed E-state index contributed by atoms with van der Waals surface area (Å²) in [7, 11) is 0. The lowest BCUT2D eigenvalue weighted by Crippen LogP contribution is -1.93. The third kappa shape index (κ3) is 104. The van der Waals surface area contributed by atoms with Gasteiger partial charge in [0.25, 0.3) is 0 Å². The smallest absolute Gasteiger partial charge is 0.0411 e. The molecule has 0 heterocycles. The zero-order chi connectivity index (χ0) is 22.5. The topological polar surface area (TPSA) is 0 Å². The largest absolute Gasteiger partial charge is 0.0656 e. The highest BCUT2D eigenvalue weighted by atomic mass is 14.2. The fourth-order valence-corrected chi connectivity index (χ4v) is 1.30. The molecule has 0 saturated heterocycles. The van der Waals surface area contributed by atoms with Gasteiger partial charge in [-0.15, -0.1) is 0 Å². The van der Waals surface area contributed by atoms with Gasteiger partial charge in [-0.05, 0) is 29.1 Å². The number of rotatable bonds is 1. The van der Waals surface area contributed by atoms with E-state index in [0.717, 1.165) is 23.7 Å². The molecule has 0 heteroatoms. The van der Waals surface area contributed by atoms with E-state index in [-0.39, 0.29) is 0 Å². The van der Waals surface area contributed by atoms with E-state index >= 15 is 0 Å². The molecule has 0 bridgehead atoms. The quantitative estimate of drug-likeness (QED) is 0.420. The van der Waals surface area contributed by atoms with Gasteiger partial charge in [-0.3, -0.25) is 0 Å². The molecule has 0 nitrogen and oxygen atoms in total. The van der Waals surface area contributed by atoms with Crippen molar-refractivity contribution in [2.45, 2.75) is 148 Å². The normalized spacial score (nSPS) is 15.6. The first-order valence-corrected chi connectivity index (χ1v) is 12.2. The van der Waals surface area contributed by atoms with Crippen LogP contribution in [-0.2, 0) is 0 Å². The van der Waals surface area contributed by atoms with Crippen LogP contribution in [0.1, 0.15) is 148 Å². The molecule has 0 aliphatic heterocycles. The molecule has 2 aliphatic rings. The summed E-state index contributed by atoms with van der Waals surface area (Å²) in [4.78, 5) is 0. The summed E-state index contributed by atoms with van der Waals surface area (Å²) in [6.45, 7) is 30.8. The minimum absolute atomic E-state index is 0.500. The van der Waals surface area contributed by atoms with Gasteiger partial charge in [0.05, 0.1) is 0 Å². The Morgan fingerprint density at radius 3 is 0.889 bits per heavy atom. The molecule has 2 rings (SSSR count). The maximum Gasteiger partial charge on any atom is -0.0411 e. The van der Waals surface area contributed by atoms with Crippen LogP contribution < -0.4 is 0 Å².